The van der Waals surface area contributed by atoms with Crippen molar-refractivity contribution in [1.29, 1.82) is 0 Å². The summed E-state index contributed by atoms with van der Waals surface area (Å²) in [7, 11) is 0. The van der Waals surface area contributed by atoms with Crippen LogP contribution < -0.4 is 0 Å². The highest BCUT2D eigenvalue weighted by atomic mass is 32.2. The Labute approximate surface area is 110 Å². The van der Waals surface area contributed by atoms with Crippen molar-refractivity contribution < 1.29 is 19.0 Å². The Morgan fingerprint density at radius 1 is 1.44 bits per heavy atom. The van der Waals surface area contributed by atoms with E-state index in [9.17, 15) is 9.18 Å². The molecule has 1 N–H and O–H groups in total. The normalized spacial score (nSPS) is 12.3. The molecule has 0 aliphatic carbocycles. The number of hydrogen-bond donors (Lipinski definition) is 1. The molecule has 0 radical (unpaired) electrons. The van der Waals surface area contributed by atoms with Gasteiger partial charge in [-0.1, -0.05) is 12.1 Å². The first kappa shape index (κ1) is 15.0. The lowest BCUT2D eigenvalue weighted by atomic mass is 10.1. The second-order valence-corrected chi connectivity index (χ2v) is 4.90. The molecule has 0 amide bonds. The number of carboxylic acids is 1. The number of halogens is 1. The molecule has 1 aromatic carbocycles. The molecule has 0 aliphatic heterocycles. The van der Waals surface area contributed by atoms with E-state index in [1.54, 1.807) is 0 Å². The van der Waals surface area contributed by atoms with Gasteiger partial charge in [-0.25, -0.2) is 4.39 Å². The smallest absolute Gasteiger partial charge is 0.321 e. The molecule has 0 heterocycles. The first-order chi connectivity index (χ1) is 8.65. The van der Waals surface area contributed by atoms with Crippen molar-refractivity contribution >= 4 is 17.7 Å². The lowest BCUT2D eigenvalue weighted by Gasteiger charge is -2.12. The van der Waals surface area contributed by atoms with Crippen LogP contribution in [0.5, 0.6) is 0 Å². The molecule has 0 spiro atoms. The Balaban J connectivity index is 2.50. The fraction of sp³-hybridized carbons (Fsp3) is 0.462. The molecule has 0 saturated heterocycles. The van der Waals surface area contributed by atoms with Crippen LogP contribution in [0.3, 0.4) is 0 Å². The lowest BCUT2D eigenvalue weighted by Crippen LogP contribution is -2.09. The third-order valence-corrected chi connectivity index (χ3v) is 3.65. The number of carbonyl (C=O) groups is 1. The predicted molar refractivity (Wildman–Crippen MR) is 70.3 cm³/mol. The molecule has 3 nitrogen and oxygen atoms in total. The van der Waals surface area contributed by atoms with E-state index in [4.69, 9.17) is 9.84 Å². The van der Waals surface area contributed by atoms with E-state index in [1.165, 1.54) is 36.0 Å². The average Bonchev–Trinajstić information content (AvgIpc) is 2.35. The van der Waals surface area contributed by atoms with Crippen LogP contribution in [-0.4, -0.2) is 30.0 Å². The van der Waals surface area contributed by atoms with Gasteiger partial charge in [0.2, 0.25) is 0 Å². The van der Waals surface area contributed by atoms with Crippen LogP contribution in [0.25, 0.3) is 0 Å². The molecule has 0 fully saturated rings. The summed E-state index contributed by atoms with van der Waals surface area (Å²) in [6, 6.07) is 5.60. The van der Waals surface area contributed by atoms with Gasteiger partial charge in [-0.2, -0.15) is 0 Å². The molecule has 0 aliphatic rings. The molecule has 100 valence electrons. The minimum Gasteiger partial charge on any atom is -0.480 e. The second-order valence-electron chi connectivity index (χ2n) is 3.69. The molecule has 1 aromatic rings. The van der Waals surface area contributed by atoms with Gasteiger partial charge < -0.3 is 9.84 Å². The Kier molecular flexibility index (Phi) is 6.75. The monoisotopic (exact) mass is 272 g/mol. The minimum atomic E-state index is -0.900. The van der Waals surface area contributed by atoms with Crippen LogP contribution in [0.1, 0.15) is 24.2 Å². The number of thioether (sulfide) groups is 1. The van der Waals surface area contributed by atoms with E-state index in [0.717, 1.165) is 6.42 Å². The number of aliphatic carboxylic acids is 1. The second kappa shape index (κ2) is 8.11. The SMILES string of the molecule is CCOCCCSC(C(=O)O)c1ccc(F)cc1. The van der Waals surface area contributed by atoms with E-state index in [2.05, 4.69) is 0 Å². The van der Waals surface area contributed by atoms with Crippen molar-refractivity contribution in [1.82, 2.24) is 0 Å². The van der Waals surface area contributed by atoms with Crippen molar-refractivity contribution in [2.24, 2.45) is 0 Å². The van der Waals surface area contributed by atoms with Crippen LogP contribution in [0.4, 0.5) is 4.39 Å². The fourth-order valence-electron chi connectivity index (χ4n) is 1.45. The first-order valence-electron chi connectivity index (χ1n) is 5.82. The van der Waals surface area contributed by atoms with Crippen molar-refractivity contribution in [3.63, 3.8) is 0 Å². The molecular weight excluding hydrogens is 255 g/mol. The molecule has 0 saturated carbocycles. The van der Waals surface area contributed by atoms with Gasteiger partial charge in [-0.3, -0.25) is 4.79 Å². The summed E-state index contributed by atoms with van der Waals surface area (Å²) in [5, 5.41) is 8.51. The van der Waals surface area contributed by atoms with E-state index >= 15 is 0 Å². The van der Waals surface area contributed by atoms with Crippen LogP contribution in [-0.2, 0) is 9.53 Å². The lowest BCUT2D eigenvalue weighted by molar-refractivity contribution is -0.136. The Morgan fingerprint density at radius 2 is 2.11 bits per heavy atom. The van der Waals surface area contributed by atoms with Crippen LogP contribution >= 0.6 is 11.8 Å². The maximum absolute atomic E-state index is 12.8. The molecule has 1 rings (SSSR count). The molecular formula is C13H17FO3S. The summed E-state index contributed by atoms with van der Waals surface area (Å²) >= 11 is 1.34. The molecule has 0 bridgehead atoms. The standard InChI is InChI=1S/C13H17FO3S/c1-2-17-8-3-9-18-12(13(15)16)10-4-6-11(14)7-5-10/h4-7,12H,2-3,8-9H2,1H3,(H,15,16). The zero-order valence-electron chi connectivity index (χ0n) is 10.3. The van der Waals surface area contributed by atoms with Gasteiger partial charge in [-0.15, -0.1) is 11.8 Å². The van der Waals surface area contributed by atoms with E-state index in [0.29, 0.717) is 24.5 Å². The highest BCUT2D eigenvalue weighted by Crippen LogP contribution is 2.29. The van der Waals surface area contributed by atoms with Gasteiger partial charge in [-0.05, 0) is 36.8 Å². The third-order valence-electron chi connectivity index (χ3n) is 2.32. The summed E-state index contributed by atoms with van der Waals surface area (Å²) in [5.41, 5.74) is 0.616. The number of rotatable bonds is 8. The zero-order valence-corrected chi connectivity index (χ0v) is 11.1. The summed E-state index contributed by atoms with van der Waals surface area (Å²) in [6.45, 7) is 3.23. The van der Waals surface area contributed by atoms with Crippen molar-refractivity contribution in [3.8, 4) is 0 Å². The van der Waals surface area contributed by atoms with Crippen molar-refractivity contribution in [3.05, 3.63) is 35.6 Å². The Hall–Kier alpha value is -1.07. The van der Waals surface area contributed by atoms with Gasteiger partial charge in [0.25, 0.3) is 0 Å². The van der Waals surface area contributed by atoms with E-state index in [1.807, 2.05) is 6.92 Å². The maximum Gasteiger partial charge on any atom is 0.321 e. The first-order valence-corrected chi connectivity index (χ1v) is 6.87. The van der Waals surface area contributed by atoms with Crippen molar-refractivity contribution in [2.75, 3.05) is 19.0 Å². The van der Waals surface area contributed by atoms with Crippen LogP contribution in [0, 0.1) is 5.82 Å². The van der Waals surface area contributed by atoms with Crippen LogP contribution in [0.2, 0.25) is 0 Å². The van der Waals surface area contributed by atoms with E-state index in [-0.39, 0.29) is 5.82 Å². The highest BCUT2D eigenvalue weighted by molar-refractivity contribution is 8.00. The molecule has 18 heavy (non-hydrogen) atoms. The summed E-state index contributed by atoms with van der Waals surface area (Å²) in [5.74, 6) is -0.554. The summed E-state index contributed by atoms with van der Waals surface area (Å²) in [4.78, 5) is 11.2. The summed E-state index contributed by atoms with van der Waals surface area (Å²) in [6.07, 6.45) is 0.809. The largest absolute Gasteiger partial charge is 0.480 e. The van der Waals surface area contributed by atoms with Gasteiger partial charge in [0, 0.05) is 13.2 Å². The fourth-order valence-corrected chi connectivity index (χ4v) is 2.47. The molecule has 0 aromatic heterocycles. The van der Waals surface area contributed by atoms with Crippen LogP contribution in [0.15, 0.2) is 24.3 Å². The number of hydrogen-bond acceptors (Lipinski definition) is 3. The Bertz CT molecular complexity index is 367. The zero-order chi connectivity index (χ0) is 13.4. The quantitative estimate of drug-likeness (QED) is 0.739. The third kappa shape index (κ3) is 5.06. The van der Waals surface area contributed by atoms with Gasteiger partial charge in [0.05, 0.1) is 0 Å². The van der Waals surface area contributed by atoms with Crippen molar-refractivity contribution in [2.45, 2.75) is 18.6 Å². The maximum atomic E-state index is 12.8. The number of benzene rings is 1. The topological polar surface area (TPSA) is 46.5 Å². The van der Waals surface area contributed by atoms with Gasteiger partial charge >= 0.3 is 5.97 Å². The summed E-state index contributed by atoms with van der Waals surface area (Å²) < 4.78 is 18.0. The average molecular weight is 272 g/mol. The minimum absolute atomic E-state index is 0.357. The number of ether oxygens (including phenoxy) is 1. The number of carboxylic acid groups (broad SMARTS) is 1. The Morgan fingerprint density at radius 3 is 2.67 bits per heavy atom. The van der Waals surface area contributed by atoms with Gasteiger partial charge in [0.15, 0.2) is 0 Å². The molecule has 1 atom stereocenters. The predicted octanol–water partition coefficient (Wildman–Crippen LogP) is 3.11. The molecule has 1 unspecified atom stereocenters. The van der Waals surface area contributed by atoms with Gasteiger partial charge in [0.1, 0.15) is 11.1 Å². The van der Waals surface area contributed by atoms with E-state index < -0.39 is 11.2 Å². The molecule has 5 heteroatoms. The highest BCUT2D eigenvalue weighted by Gasteiger charge is 2.19.